The number of oxazole rings is 1. The van der Waals surface area contributed by atoms with Gasteiger partial charge in [0.15, 0.2) is 5.96 Å². The van der Waals surface area contributed by atoms with Crippen LogP contribution in [0.15, 0.2) is 15.6 Å². The van der Waals surface area contributed by atoms with Crippen molar-refractivity contribution in [1.82, 2.24) is 20.6 Å². The molecule has 7 heteroatoms. The van der Waals surface area contributed by atoms with Crippen molar-refractivity contribution in [2.45, 2.75) is 40.8 Å². The number of aliphatic imine (C=N–C) groups is 1. The highest BCUT2D eigenvalue weighted by Gasteiger charge is 2.06. The van der Waals surface area contributed by atoms with Gasteiger partial charge in [-0.05, 0) is 27.7 Å². The molecule has 6 nitrogen and oxygen atoms in total. The van der Waals surface area contributed by atoms with Crippen molar-refractivity contribution in [3.63, 3.8) is 0 Å². The Morgan fingerprint density at radius 2 is 2.14 bits per heavy atom. The molecule has 2 heterocycles. The van der Waals surface area contributed by atoms with Gasteiger partial charge in [-0.15, -0.1) is 11.3 Å². The second-order valence-corrected chi connectivity index (χ2v) is 5.96. The lowest BCUT2D eigenvalue weighted by molar-refractivity contribution is 0.473. The second kappa shape index (κ2) is 7.21. The van der Waals surface area contributed by atoms with Crippen molar-refractivity contribution in [1.29, 1.82) is 0 Å². The Labute approximate surface area is 128 Å². The van der Waals surface area contributed by atoms with Crippen LogP contribution in [-0.2, 0) is 13.1 Å². The van der Waals surface area contributed by atoms with Gasteiger partial charge in [0.2, 0.25) is 5.89 Å². The first kappa shape index (κ1) is 15.5. The zero-order chi connectivity index (χ0) is 15.2. The standard InChI is InChI=1S/C14H21N5OS/c1-5-15-14(17-7-12-6-16-11(4)21-12)18-8-13-19-9(2)10(3)20-13/h6H,5,7-8H2,1-4H3,(H2,15,17,18). The van der Waals surface area contributed by atoms with E-state index in [9.17, 15) is 0 Å². The number of hydrogen-bond acceptors (Lipinski definition) is 5. The zero-order valence-corrected chi connectivity index (χ0v) is 13.7. The maximum absolute atomic E-state index is 5.53. The third-order valence-electron chi connectivity index (χ3n) is 2.89. The summed E-state index contributed by atoms with van der Waals surface area (Å²) in [6.07, 6.45) is 1.89. The average molecular weight is 307 g/mol. The summed E-state index contributed by atoms with van der Waals surface area (Å²) in [4.78, 5) is 14.2. The first-order valence-electron chi connectivity index (χ1n) is 6.95. The number of guanidine groups is 1. The molecule has 2 N–H and O–H groups in total. The molecule has 0 unspecified atom stereocenters. The van der Waals surface area contributed by atoms with Gasteiger partial charge in [-0.25, -0.2) is 15.0 Å². The molecule has 2 aromatic rings. The third-order valence-corrected chi connectivity index (χ3v) is 3.80. The highest BCUT2D eigenvalue weighted by molar-refractivity contribution is 7.11. The molecule has 2 rings (SSSR count). The Morgan fingerprint density at radius 3 is 2.71 bits per heavy atom. The van der Waals surface area contributed by atoms with Crippen molar-refractivity contribution >= 4 is 17.3 Å². The number of rotatable bonds is 5. The summed E-state index contributed by atoms with van der Waals surface area (Å²) in [6, 6.07) is 0. The fraction of sp³-hybridized carbons (Fsp3) is 0.500. The molecule has 21 heavy (non-hydrogen) atoms. The van der Waals surface area contributed by atoms with Gasteiger partial charge in [-0.2, -0.15) is 0 Å². The van der Waals surface area contributed by atoms with E-state index in [4.69, 9.17) is 4.42 Å². The Hall–Kier alpha value is -1.89. The molecule has 0 radical (unpaired) electrons. The summed E-state index contributed by atoms with van der Waals surface area (Å²) < 4.78 is 5.53. The van der Waals surface area contributed by atoms with E-state index >= 15 is 0 Å². The molecule has 0 spiro atoms. The largest absolute Gasteiger partial charge is 0.444 e. The van der Waals surface area contributed by atoms with E-state index < -0.39 is 0 Å². The van der Waals surface area contributed by atoms with Crippen LogP contribution in [-0.4, -0.2) is 22.5 Å². The predicted octanol–water partition coefficient (Wildman–Crippen LogP) is 2.31. The van der Waals surface area contributed by atoms with E-state index in [1.54, 1.807) is 11.3 Å². The molecular weight excluding hydrogens is 286 g/mol. The van der Waals surface area contributed by atoms with Crippen molar-refractivity contribution in [3.8, 4) is 0 Å². The molecule has 0 aliphatic carbocycles. The SMILES string of the molecule is CCNC(=NCc1nc(C)c(C)o1)NCc1cnc(C)s1. The first-order chi connectivity index (χ1) is 10.1. The minimum absolute atomic E-state index is 0.422. The zero-order valence-electron chi connectivity index (χ0n) is 12.9. The van der Waals surface area contributed by atoms with Crippen LogP contribution in [0.25, 0.3) is 0 Å². The van der Waals surface area contributed by atoms with Gasteiger partial charge in [-0.3, -0.25) is 0 Å². The van der Waals surface area contributed by atoms with Crippen molar-refractivity contribution < 1.29 is 4.42 Å². The highest BCUT2D eigenvalue weighted by Crippen LogP contribution is 2.11. The summed E-state index contributed by atoms with van der Waals surface area (Å²) in [5.41, 5.74) is 0.915. The highest BCUT2D eigenvalue weighted by atomic mass is 32.1. The average Bonchev–Trinajstić information content (AvgIpc) is 3.00. The lowest BCUT2D eigenvalue weighted by Gasteiger charge is -2.09. The van der Waals surface area contributed by atoms with Crippen LogP contribution in [0.3, 0.4) is 0 Å². The number of nitrogens with zero attached hydrogens (tertiary/aromatic N) is 3. The van der Waals surface area contributed by atoms with Gasteiger partial charge in [0, 0.05) is 17.6 Å². The van der Waals surface area contributed by atoms with Gasteiger partial charge < -0.3 is 15.1 Å². The molecule has 114 valence electrons. The van der Waals surface area contributed by atoms with Gasteiger partial charge in [0.1, 0.15) is 12.3 Å². The molecule has 0 aromatic carbocycles. The molecule has 2 aromatic heterocycles. The van der Waals surface area contributed by atoms with E-state index in [1.165, 1.54) is 4.88 Å². The summed E-state index contributed by atoms with van der Waals surface area (Å²) in [6.45, 7) is 9.81. The van der Waals surface area contributed by atoms with E-state index in [1.807, 2.05) is 33.9 Å². The van der Waals surface area contributed by atoms with Crippen LogP contribution in [0.5, 0.6) is 0 Å². The van der Waals surface area contributed by atoms with Crippen LogP contribution < -0.4 is 10.6 Å². The number of nitrogens with one attached hydrogen (secondary N) is 2. The molecule has 0 aliphatic heterocycles. The molecule has 0 saturated heterocycles. The quantitative estimate of drug-likeness (QED) is 0.655. The molecule has 0 bridgehead atoms. The van der Waals surface area contributed by atoms with Crippen molar-refractivity contribution in [3.05, 3.63) is 33.4 Å². The van der Waals surface area contributed by atoms with E-state index in [2.05, 4.69) is 25.6 Å². The fourth-order valence-corrected chi connectivity index (χ4v) is 2.49. The van der Waals surface area contributed by atoms with Gasteiger partial charge >= 0.3 is 0 Å². The third kappa shape index (κ3) is 4.56. The van der Waals surface area contributed by atoms with Crippen LogP contribution in [0.1, 0.15) is 34.2 Å². The summed E-state index contributed by atoms with van der Waals surface area (Å²) in [5, 5.41) is 7.56. The predicted molar refractivity (Wildman–Crippen MR) is 84.5 cm³/mol. The summed E-state index contributed by atoms with van der Waals surface area (Å²) in [5.74, 6) is 2.23. The van der Waals surface area contributed by atoms with Crippen LogP contribution in [0.4, 0.5) is 0 Å². The maximum Gasteiger partial charge on any atom is 0.216 e. The van der Waals surface area contributed by atoms with E-state index in [-0.39, 0.29) is 0 Å². The molecule has 0 saturated carbocycles. The fourth-order valence-electron chi connectivity index (χ4n) is 1.75. The van der Waals surface area contributed by atoms with Gasteiger partial charge in [0.05, 0.1) is 17.2 Å². The molecule has 0 fully saturated rings. The number of hydrogen-bond donors (Lipinski definition) is 2. The first-order valence-corrected chi connectivity index (χ1v) is 7.76. The van der Waals surface area contributed by atoms with E-state index in [0.29, 0.717) is 19.0 Å². The van der Waals surface area contributed by atoms with Crippen LogP contribution >= 0.6 is 11.3 Å². The molecular formula is C14H21N5OS. The summed E-state index contributed by atoms with van der Waals surface area (Å²) in [7, 11) is 0. The monoisotopic (exact) mass is 307 g/mol. The topological polar surface area (TPSA) is 75.3 Å². The number of thiazole rings is 1. The minimum atomic E-state index is 0.422. The minimum Gasteiger partial charge on any atom is -0.444 e. The number of aryl methyl sites for hydroxylation is 3. The normalized spacial score (nSPS) is 11.7. The molecule has 0 atom stereocenters. The Bertz CT molecular complexity index is 597. The Balaban J connectivity index is 1.95. The lowest BCUT2D eigenvalue weighted by Crippen LogP contribution is -2.36. The Kier molecular flexibility index (Phi) is 5.32. The molecule has 0 amide bonds. The van der Waals surface area contributed by atoms with Crippen molar-refractivity contribution in [2.75, 3.05) is 6.54 Å². The van der Waals surface area contributed by atoms with Gasteiger partial charge in [-0.1, -0.05) is 0 Å². The smallest absolute Gasteiger partial charge is 0.216 e. The summed E-state index contributed by atoms with van der Waals surface area (Å²) >= 11 is 1.68. The van der Waals surface area contributed by atoms with Gasteiger partial charge in [0.25, 0.3) is 0 Å². The Morgan fingerprint density at radius 1 is 1.33 bits per heavy atom. The number of aromatic nitrogens is 2. The van der Waals surface area contributed by atoms with E-state index in [0.717, 1.165) is 29.0 Å². The van der Waals surface area contributed by atoms with Crippen molar-refractivity contribution in [2.24, 2.45) is 4.99 Å². The molecule has 0 aliphatic rings. The lowest BCUT2D eigenvalue weighted by atomic mass is 10.4. The van der Waals surface area contributed by atoms with Crippen LogP contribution in [0, 0.1) is 20.8 Å². The maximum atomic E-state index is 5.53. The van der Waals surface area contributed by atoms with Crippen LogP contribution in [0.2, 0.25) is 0 Å². The second-order valence-electron chi connectivity index (χ2n) is 4.64.